The zero-order valence-electron chi connectivity index (χ0n) is 16.3. The van der Waals surface area contributed by atoms with Gasteiger partial charge in [0.15, 0.2) is 12.4 Å². The molecule has 1 aliphatic heterocycles. The van der Waals surface area contributed by atoms with Crippen LogP contribution < -0.4 is 0 Å². The van der Waals surface area contributed by atoms with E-state index in [9.17, 15) is 18.0 Å². The molecule has 8 heteroatoms. The van der Waals surface area contributed by atoms with Crippen molar-refractivity contribution in [1.29, 1.82) is 0 Å². The fourth-order valence-electron chi connectivity index (χ4n) is 3.24. The van der Waals surface area contributed by atoms with Crippen molar-refractivity contribution in [3.8, 4) is 0 Å². The van der Waals surface area contributed by atoms with Crippen molar-refractivity contribution in [2.24, 2.45) is 5.92 Å². The van der Waals surface area contributed by atoms with Gasteiger partial charge in [0.05, 0.1) is 5.92 Å². The van der Waals surface area contributed by atoms with E-state index < -0.39 is 21.9 Å². The number of esters is 1. The lowest BCUT2D eigenvalue weighted by molar-refractivity contribution is -0.148. The number of carbonyl (C=O) groups is 2. The number of ether oxygens (including phenoxy) is 1. The van der Waals surface area contributed by atoms with Gasteiger partial charge in [-0.05, 0) is 37.0 Å². The van der Waals surface area contributed by atoms with Gasteiger partial charge in [0.1, 0.15) is 4.90 Å². The van der Waals surface area contributed by atoms with Crippen molar-refractivity contribution in [3.63, 3.8) is 0 Å². The molecule has 1 aromatic heterocycles. The lowest BCUT2D eigenvalue weighted by Crippen LogP contribution is -2.40. The third-order valence-corrected chi connectivity index (χ3v) is 6.97. The number of hydrogen-bond donors (Lipinski definition) is 0. The van der Waals surface area contributed by atoms with Crippen LogP contribution in [-0.4, -0.2) is 49.2 Å². The molecular weight excluding hydrogens is 392 g/mol. The predicted octanol–water partition coefficient (Wildman–Crippen LogP) is 2.47. The largest absolute Gasteiger partial charge is 0.457 e. The van der Waals surface area contributed by atoms with Crippen LogP contribution >= 0.6 is 0 Å². The lowest BCUT2D eigenvalue weighted by atomic mass is 9.98. The summed E-state index contributed by atoms with van der Waals surface area (Å²) in [5.74, 6) is -1.12. The molecule has 7 nitrogen and oxygen atoms in total. The minimum absolute atomic E-state index is 0.140. The van der Waals surface area contributed by atoms with Crippen LogP contribution in [0.2, 0.25) is 0 Å². The van der Waals surface area contributed by atoms with E-state index in [2.05, 4.69) is 4.98 Å². The van der Waals surface area contributed by atoms with Crippen LogP contribution in [-0.2, 0) is 26.0 Å². The highest BCUT2D eigenvalue weighted by Crippen LogP contribution is 2.24. The number of piperidine rings is 1. The Hall–Kier alpha value is -2.58. The van der Waals surface area contributed by atoms with Gasteiger partial charge in [-0.25, -0.2) is 8.42 Å². The highest BCUT2D eigenvalue weighted by Gasteiger charge is 2.33. The van der Waals surface area contributed by atoms with Crippen molar-refractivity contribution in [2.75, 3.05) is 19.7 Å². The fraction of sp³-hybridized carbons (Fsp3) is 0.381. The Bertz CT molecular complexity index is 950. The molecule has 2 heterocycles. The quantitative estimate of drug-likeness (QED) is 0.508. The van der Waals surface area contributed by atoms with Crippen LogP contribution in [0.15, 0.2) is 53.7 Å². The van der Waals surface area contributed by atoms with Crippen LogP contribution in [0.1, 0.15) is 35.7 Å². The van der Waals surface area contributed by atoms with Crippen molar-refractivity contribution in [3.05, 3.63) is 59.9 Å². The zero-order chi connectivity index (χ0) is 20.9. The van der Waals surface area contributed by atoms with Gasteiger partial charge in [-0.1, -0.05) is 31.2 Å². The molecule has 0 bridgehead atoms. The second-order valence-electron chi connectivity index (χ2n) is 6.95. The summed E-state index contributed by atoms with van der Waals surface area (Å²) in [6.45, 7) is 2.18. The molecule has 29 heavy (non-hydrogen) atoms. The van der Waals surface area contributed by atoms with Gasteiger partial charge in [0.2, 0.25) is 10.0 Å². The number of rotatable bonds is 7. The van der Waals surface area contributed by atoms with Crippen molar-refractivity contribution in [1.82, 2.24) is 9.29 Å². The standard InChI is InChI=1S/C21H24N2O5S/c1-2-16-5-7-17(8-6-16)20(24)15-28-21(25)18-9-12-23(13-10-18)29(26,27)19-4-3-11-22-14-19/h3-8,11,14,18H,2,9-10,12-13,15H2,1H3. The first-order valence-corrected chi connectivity index (χ1v) is 11.0. The number of sulfonamides is 1. The van der Waals surface area contributed by atoms with E-state index in [1.165, 1.54) is 22.8 Å². The van der Waals surface area contributed by atoms with Gasteiger partial charge < -0.3 is 4.74 Å². The summed E-state index contributed by atoms with van der Waals surface area (Å²) in [7, 11) is -3.61. The number of nitrogens with zero attached hydrogens (tertiary/aromatic N) is 2. The number of benzene rings is 1. The average molecular weight is 416 g/mol. The van der Waals surface area contributed by atoms with Crippen LogP contribution in [0.5, 0.6) is 0 Å². The van der Waals surface area contributed by atoms with Crippen LogP contribution in [0.3, 0.4) is 0 Å². The van der Waals surface area contributed by atoms with E-state index in [-0.39, 0.29) is 30.4 Å². The van der Waals surface area contributed by atoms with E-state index in [4.69, 9.17) is 4.74 Å². The SMILES string of the molecule is CCc1ccc(C(=O)COC(=O)C2CCN(S(=O)(=O)c3cccnc3)CC2)cc1. The molecule has 3 rings (SSSR count). The Balaban J connectivity index is 1.50. The number of aromatic nitrogens is 1. The minimum atomic E-state index is -3.61. The molecule has 0 radical (unpaired) electrons. The molecule has 0 N–H and O–H groups in total. The molecule has 0 spiro atoms. The maximum atomic E-state index is 12.6. The summed E-state index contributed by atoms with van der Waals surface area (Å²) in [5, 5.41) is 0. The third kappa shape index (κ3) is 5.07. The van der Waals surface area contributed by atoms with E-state index in [0.717, 1.165) is 12.0 Å². The second kappa shape index (κ2) is 9.28. The molecule has 1 aliphatic rings. The van der Waals surface area contributed by atoms with Gasteiger partial charge in [-0.15, -0.1) is 0 Å². The molecule has 154 valence electrons. The molecular formula is C21H24N2O5S. The normalized spacial score (nSPS) is 15.8. The van der Waals surface area contributed by atoms with Crippen molar-refractivity contribution in [2.45, 2.75) is 31.1 Å². The Morgan fingerprint density at radius 2 is 1.83 bits per heavy atom. The first kappa shape index (κ1) is 21.1. The Morgan fingerprint density at radius 1 is 1.14 bits per heavy atom. The summed E-state index contributed by atoms with van der Waals surface area (Å²) in [6.07, 6.45) is 4.43. The molecule has 0 amide bonds. The molecule has 0 atom stereocenters. The first-order chi connectivity index (χ1) is 13.9. The van der Waals surface area contributed by atoms with Gasteiger partial charge in [-0.2, -0.15) is 4.31 Å². The number of hydrogen-bond acceptors (Lipinski definition) is 6. The number of ketones is 1. The molecule has 1 fully saturated rings. The monoisotopic (exact) mass is 416 g/mol. The van der Waals surface area contributed by atoms with Crippen LogP contribution in [0, 0.1) is 5.92 Å². The highest BCUT2D eigenvalue weighted by molar-refractivity contribution is 7.89. The van der Waals surface area contributed by atoms with Crippen molar-refractivity contribution < 1.29 is 22.7 Å². The van der Waals surface area contributed by atoms with Gasteiger partial charge in [0, 0.05) is 31.0 Å². The summed E-state index contributed by atoms with van der Waals surface area (Å²) in [5.41, 5.74) is 1.64. The summed E-state index contributed by atoms with van der Waals surface area (Å²) in [6, 6.07) is 10.3. The van der Waals surface area contributed by atoms with Crippen molar-refractivity contribution >= 4 is 21.8 Å². The molecule has 0 saturated carbocycles. The van der Waals surface area contributed by atoms with E-state index in [1.807, 2.05) is 19.1 Å². The summed E-state index contributed by atoms with van der Waals surface area (Å²) < 4.78 is 31.8. The van der Waals surface area contributed by atoms with Crippen LogP contribution in [0.25, 0.3) is 0 Å². The number of aryl methyl sites for hydroxylation is 1. The van der Waals surface area contributed by atoms with E-state index >= 15 is 0 Å². The predicted molar refractivity (Wildman–Crippen MR) is 107 cm³/mol. The summed E-state index contributed by atoms with van der Waals surface area (Å²) >= 11 is 0. The maximum Gasteiger partial charge on any atom is 0.309 e. The molecule has 1 aromatic carbocycles. The lowest BCUT2D eigenvalue weighted by Gasteiger charge is -2.29. The minimum Gasteiger partial charge on any atom is -0.457 e. The van der Waals surface area contributed by atoms with Gasteiger partial charge in [-0.3, -0.25) is 14.6 Å². The van der Waals surface area contributed by atoms with E-state index in [0.29, 0.717) is 18.4 Å². The van der Waals surface area contributed by atoms with Gasteiger partial charge in [0.25, 0.3) is 0 Å². The Morgan fingerprint density at radius 3 is 2.41 bits per heavy atom. The first-order valence-electron chi connectivity index (χ1n) is 9.60. The fourth-order valence-corrected chi connectivity index (χ4v) is 4.68. The molecule has 0 aliphatic carbocycles. The second-order valence-corrected chi connectivity index (χ2v) is 8.89. The van der Waals surface area contributed by atoms with Gasteiger partial charge >= 0.3 is 5.97 Å². The Kier molecular flexibility index (Phi) is 6.76. The molecule has 1 saturated heterocycles. The smallest absolute Gasteiger partial charge is 0.309 e. The Labute approximate surface area is 170 Å². The maximum absolute atomic E-state index is 12.6. The number of pyridine rings is 1. The third-order valence-electron chi connectivity index (χ3n) is 5.09. The molecule has 2 aromatic rings. The number of Topliss-reactive ketones (excluding diaryl/α,β-unsaturated/α-hetero) is 1. The molecule has 0 unspecified atom stereocenters. The van der Waals surface area contributed by atoms with Crippen LogP contribution in [0.4, 0.5) is 0 Å². The number of carbonyl (C=O) groups excluding carboxylic acids is 2. The highest BCUT2D eigenvalue weighted by atomic mass is 32.2. The average Bonchev–Trinajstić information content (AvgIpc) is 2.78. The summed E-state index contributed by atoms with van der Waals surface area (Å²) in [4.78, 5) is 28.5. The topological polar surface area (TPSA) is 93.6 Å². The van der Waals surface area contributed by atoms with E-state index in [1.54, 1.807) is 18.2 Å². The zero-order valence-corrected chi connectivity index (χ0v) is 17.1.